The van der Waals surface area contributed by atoms with Gasteiger partial charge >= 0.3 is 0 Å². The molecule has 1 heterocycles. The van der Waals surface area contributed by atoms with Crippen LogP contribution < -0.4 is 10.5 Å². The van der Waals surface area contributed by atoms with Gasteiger partial charge in [-0.25, -0.2) is 4.98 Å². The summed E-state index contributed by atoms with van der Waals surface area (Å²) in [6, 6.07) is 7.81. The second-order valence-corrected chi connectivity index (χ2v) is 3.88. The van der Waals surface area contributed by atoms with Crippen LogP contribution in [-0.2, 0) is 0 Å². The van der Waals surface area contributed by atoms with Crippen LogP contribution in [0.2, 0.25) is 0 Å². The average molecular weight is 231 g/mol. The Morgan fingerprint density at radius 1 is 1.41 bits per heavy atom. The number of imidazole rings is 1. The zero-order chi connectivity index (χ0) is 12.3. The average Bonchev–Trinajstić information content (AvgIpc) is 2.79. The van der Waals surface area contributed by atoms with Crippen molar-refractivity contribution >= 4 is 0 Å². The molecule has 0 aliphatic rings. The van der Waals surface area contributed by atoms with E-state index in [4.69, 9.17) is 10.5 Å². The van der Waals surface area contributed by atoms with Gasteiger partial charge in [0.15, 0.2) is 0 Å². The minimum Gasteiger partial charge on any atom is -0.492 e. The molecule has 0 unspecified atom stereocenters. The van der Waals surface area contributed by atoms with E-state index in [9.17, 15) is 0 Å². The molecule has 0 fully saturated rings. The van der Waals surface area contributed by atoms with Crippen molar-refractivity contribution in [2.75, 3.05) is 6.61 Å². The molecule has 2 aromatic rings. The normalized spacial score (nSPS) is 12.4. The molecule has 0 saturated carbocycles. The predicted molar refractivity (Wildman–Crippen MR) is 67.3 cm³/mol. The molecule has 4 nitrogen and oxygen atoms in total. The fraction of sp³-hybridized carbons (Fsp3) is 0.308. The lowest BCUT2D eigenvalue weighted by Crippen LogP contribution is -2.11. The lowest BCUT2D eigenvalue weighted by molar-refractivity contribution is 0.339. The van der Waals surface area contributed by atoms with Crippen molar-refractivity contribution in [1.82, 2.24) is 9.55 Å². The second-order valence-electron chi connectivity index (χ2n) is 3.88. The quantitative estimate of drug-likeness (QED) is 0.878. The Kier molecular flexibility index (Phi) is 3.44. The van der Waals surface area contributed by atoms with E-state index >= 15 is 0 Å². The maximum Gasteiger partial charge on any atom is 0.143 e. The third kappa shape index (κ3) is 2.31. The summed E-state index contributed by atoms with van der Waals surface area (Å²) in [5.74, 6) is 0.843. The molecular weight excluding hydrogens is 214 g/mol. The molecule has 0 spiro atoms. The molecule has 0 amide bonds. The van der Waals surface area contributed by atoms with Crippen molar-refractivity contribution in [3.63, 3.8) is 0 Å². The molecule has 2 rings (SSSR count). The Bertz CT molecular complexity index is 491. The number of para-hydroxylation sites is 2. The van der Waals surface area contributed by atoms with Crippen LogP contribution in [0.25, 0.3) is 5.69 Å². The molecule has 0 saturated heterocycles. The highest BCUT2D eigenvalue weighted by molar-refractivity contribution is 5.47. The van der Waals surface area contributed by atoms with Crippen molar-refractivity contribution in [3.05, 3.63) is 42.5 Å². The Hall–Kier alpha value is -1.81. The molecule has 0 bridgehead atoms. The molecule has 0 aliphatic heterocycles. The predicted octanol–water partition coefficient (Wildman–Crippen LogP) is 2.29. The van der Waals surface area contributed by atoms with Crippen molar-refractivity contribution < 1.29 is 4.74 Å². The summed E-state index contributed by atoms with van der Waals surface area (Å²) >= 11 is 0. The first-order chi connectivity index (χ1) is 8.24. The van der Waals surface area contributed by atoms with Gasteiger partial charge in [0.05, 0.1) is 30.5 Å². The highest BCUT2D eigenvalue weighted by atomic mass is 16.5. The summed E-state index contributed by atoms with van der Waals surface area (Å²) in [5.41, 5.74) is 7.86. The van der Waals surface area contributed by atoms with Gasteiger partial charge in [-0.3, -0.25) is 4.57 Å². The Balaban J connectivity index is 2.48. The molecule has 1 aromatic carbocycles. The van der Waals surface area contributed by atoms with E-state index in [1.54, 1.807) is 12.5 Å². The van der Waals surface area contributed by atoms with E-state index in [0.717, 1.165) is 17.1 Å². The van der Waals surface area contributed by atoms with Crippen LogP contribution in [0.5, 0.6) is 5.75 Å². The summed E-state index contributed by atoms with van der Waals surface area (Å²) in [7, 11) is 0. The minimum absolute atomic E-state index is 0.0628. The van der Waals surface area contributed by atoms with E-state index in [0.29, 0.717) is 6.61 Å². The SMILES string of the molecule is CCOc1ccccc1-n1cncc1[C@H](C)N. The van der Waals surface area contributed by atoms with Crippen LogP contribution in [0.15, 0.2) is 36.8 Å². The van der Waals surface area contributed by atoms with Crippen LogP contribution >= 0.6 is 0 Å². The van der Waals surface area contributed by atoms with Crippen molar-refractivity contribution in [1.29, 1.82) is 0 Å². The maximum atomic E-state index is 5.92. The monoisotopic (exact) mass is 231 g/mol. The number of hydrogen-bond donors (Lipinski definition) is 1. The number of benzene rings is 1. The van der Waals surface area contributed by atoms with Gasteiger partial charge in [-0.1, -0.05) is 12.1 Å². The van der Waals surface area contributed by atoms with Gasteiger partial charge in [-0.05, 0) is 26.0 Å². The number of aromatic nitrogens is 2. The van der Waals surface area contributed by atoms with Gasteiger partial charge in [-0.15, -0.1) is 0 Å². The van der Waals surface area contributed by atoms with Crippen LogP contribution in [0.3, 0.4) is 0 Å². The van der Waals surface area contributed by atoms with Crippen molar-refractivity contribution in [3.8, 4) is 11.4 Å². The number of rotatable bonds is 4. The molecule has 0 aliphatic carbocycles. The zero-order valence-electron chi connectivity index (χ0n) is 10.1. The Labute approximate surface area is 101 Å². The minimum atomic E-state index is -0.0628. The molecular formula is C13H17N3O. The molecule has 4 heteroatoms. The summed E-state index contributed by atoms with van der Waals surface area (Å²) < 4.78 is 7.57. The summed E-state index contributed by atoms with van der Waals surface area (Å²) in [5, 5.41) is 0. The van der Waals surface area contributed by atoms with Gasteiger partial charge in [0.25, 0.3) is 0 Å². The highest BCUT2D eigenvalue weighted by Crippen LogP contribution is 2.25. The zero-order valence-corrected chi connectivity index (χ0v) is 10.1. The third-order valence-electron chi connectivity index (χ3n) is 2.56. The van der Waals surface area contributed by atoms with E-state index in [-0.39, 0.29) is 6.04 Å². The van der Waals surface area contributed by atoms with Gasteiger partial charge in [0, 0.05) is 6.04 Å². The molecule has 1 atom stereocenters. The number of ether oxygens (including phenoxy) is 1. The summed E-state index contributed by atoms with van der Waals surface area (Å²) in [6.07, 6.45) is 3.55. The van der Waals surface area contributed by atoms with Gasteiger partial charge in [-0.2, -0.15) is 0 Å². The lowest BCUT2D eigenvalue weighted by atomic mass is 10.2. The first-order valence-electron chi connectivity index (χ1n) is 5.74. The summed E-state index contributed by atoms with van der Waals surface area (Å²) in [4.78, 5) is 4.15. The maximum absolute atomic E-state index is 5.92. The van der Waals surface area contributed by atoms with Crippen LogP contribution in [0, 0.1) is 0 Å². The van der Waals surface area contributed by atoms with Crippen LogP contribution in [-0.4, -0.2) is 16.2 Å². The molecule has 17 heavy (non-hydrogen) atoms. The third-order valence-corrected chi connectivity index (χ3v) is 2.56. The second kappa shape index (κ2) is 5.01. The van der Waals surface area contributed by atoms with E-state index < -0.39 is 0 Å². The fourth-order valence-corrected chi connectivity index (χ4v) is 1.78. The van der Waals surface area contributed by atoms with Crippen LogP contribution in [0.1, 0.15) is 25.6 Å². The first kappa shape index (κ1) is 11.7. The van der Waals surface area contributed by atoms with Crippen molar-refractivity contribution in [2.24, 2.45) is 5.73 Å². The highest BCUT2D eigenvalue weighted by Gasteiger charge is 2.11. The number of nitrogens with zero attached hydrogens (tertiary/aromatic N) is 2. The summed E-state index contributed by atoms with van der Waals surface area (Å²) in [6.45, 7) is 4.55. The van der Waals surface area contributed by atoms with E-state index in [1.807, 2.05) is 42.7 Å². The topological polar surface area (TPSA) is 53.1 Å². The van der Waals surface area contributed by atoms with Gasteiger partial charge in [0.1, 0.15) is 5.75 Å². The van der Waals surface area contributed by atoms with Gasteiger partial charge in [0.2, 0.25) is 0 Å². The van der Waals surface area contributed by atoms with E-state index in [1.165, 1.54) is 0 Å². The number of hydrogen-bond acceptors (Lipinski definition) is 3. The molecule has 0 radical (unpaired) electrons. The standard InChI is InChI=1S/C13H17N3O/c1-3-17-13-7-5-4-6-11(13)16-9-15-8-12(16)10(2)14/h4-10H,3,14H2,1-2H3/t10-/m0/s1. The van der Waals surface area contributed by atoms with E-state index in [2.05, 4.69) is 4.98 Å². The smallest absolute Gasteiger partial charge is 0.143 e. The first-order valence-corrected chi connectivity index (χ1v) is 5.74. The number of nitrogens with two attached hydrogens (primary N) is 1. The molecule has 2 N–H and O–H groups in total. The lowest BCUT2D eigenvalue weighted by Gasteiger charge is -2.14. The Morgan fingerprint density at radius 2 is 2.18 bits per heavy atom. The van der Waals surface area contributed by atoms with Gasteiger partial charge < -0.3 is 10.5 Å². The largest absolute Gasteiger partial charge is 0.492 e. The molecule has 1 aromatic heterocycles. The molecule has 90 valence electrons. The fourth-order valence-electron chi connectivity index (χ4n) is 1.78. The van der Waals surface area contributed by atoms with Crippen LogP contribution in [0.4, 0.5) is 0 Å². The Morgan fingerprint density at radius 3 is 2.88 bits per heavy atom. The van der Waals surface area contributed by atoms with Crippen molar-refractivity contribution in [2.45, 2.75) is 19.9 Å².